The Morgan fingerprint density at radius 3 is 2.16 bits per heavy atom. The van der Waals surface area contributed by atoms with Crippen LogP contribution in [0.25, 0.3) is 11.6 Å². The quantitative estimate of drug-likeness (QED) is 0.688. The molecule has 0 aromatic heterocycles. The average molecular weight is 335 g/mol. The van der Waals surface area contributed by atoms with Gasteiger partial charge in [-0.3, -0.25) is 0 Å². The van der Waals surface area contributed by atoms with Crippen molar-refractivity contribution in [2.45, 2.75) is 59.0 Å². The van der Waals surface area contributed by atoms with Crippen molar-refractivity contribution in [3.05, 3.63) is 70.3 Å². The molecule has 2 aromatic rings. The first-order chi connectivity index (χ1) is 11.7. The summed E-state index contributed by atoms with van der Waals surface area (Å²) >= 11 is 0. The highest BCUT2D eigenvalue weighted by molar-refractivity contribution is 5.81. The fourth-order valence-electron chi connectivity index (χ4n) is 4.31. The van der Waals surface area contributed by atoms with Gasteiger partial charge in [0.05, 0.1) is 6.61 Å². The van der Waals surface area contributed by atoms with Crippen LogP contribution in [-0.2, 0) is 17.4 Å². The molecule has 0 heterocycles. The zero-order valence-corrected chi connectivity index (χ0v) is 16.4. The Bertz CT molecular complexity index is 806. The van der Waals surface area contributed by atoms with Gasteiger partial charge < -0.3 is 5.11 Å². The standard InChI is InChI=1S/C24H30O/c1-16(13-18-7-9-19(15-25)10-8-18)20-11-12-21-22(14-20)24(5,6)17(2)23(21,3)4/h7-14,17,25H,15H2,1-6H3/b16-13+. The molecule has 1 heteroatoms. The molecule has 0 radical (unpaired) electrons. The molecule has 1 aliphatic carbocycles. The lowest BCUT2D eigenvalue weighted by Crippen LogP contribution is -2.30. The summed E-state index contributed by atoms with van der Waals surface area (Å²) in [6, 6.07) is 15.1. The predicted octanol–water partition coefficient (Wildman–Crippen LogP) is 5.94. The normalized spacial score (nSPS) is 21.2. The van der Waals surface area contributed by atoms with E-state index in [-0.39, 0.29) is 17.4 Å². The largest absolute Gasteiger partial charge is 0.392 e. The van der Waals surface area contributed by atoms with Crippen molar-refractivity contribution in [3.8, 4) is 0 Å². The molecule has 132 valence electrons. The van der Waals surface area contributed by atoms with E-state index >= 15 is 0 Å². The molecule has 0 bridgehead atoms. The molecule has 0 aliphatic heterocycles. The monoisotopic (exact) mass is 334 g/mol. The summed E-state index contributed by atoms with van der Waals surface area (Å²) < 4.78 is 0. The fraction of sp³-hybridized carbons (Fsp3) is 0.417. The molecule has 2 aromatic carbocycles. The lowest BCUT2D eigenvalue weighted by Gasteiger charge is -2.32. The van der Waals surface area contributed by atoms with Crippen LogP contribution >= 0.6 is 0 Å². The molecular formula is C24H30O. The van der Waals surface area contributed by atoms with Gasteiger partial charge in [0.1, 0.15) is 0 Å². The molecule has 1 atom stereocenters. The van der Waals surface area contributed by atoms with E-state index in [2.05, 4.69) is 78.0 Å². The van der Waals surface area contributed by atoms with Crippen LogP contribution in [0.3, 0.4) is 0 Å². The van der Waals surface area contributed by atoms with Crippen LogP contribution in [0.4, 0.5) is 0 Å². The Hall–Kier alpha value is -1.86. The maximum absolute atomic E-state index is 9.18. The SMILES string of the molecule is C/C(=C\c1ccc(CO)cc1)c1ccc2c(c1)C(C)(C)C(C)C2(C)C. The summed E-state index contributed by atoms with van der Waals surface area (Å²) in [5, 5.41) is 9.18. The molecule has 1 nitrogen and oxygen atoms in total. The minimum atomic E-state index is 0.0941. The summed E-state index contributed by atoms with van der Waals surface area (Å²) in [5.74, 6) is 0.612. The van der Waals surface area contributed by atoms with Gasteiger partial charge in [0.15, 0.2) is 0 Å². The van der Waals surface area contributed by atoms with E-state index in [0.717, 1.165) is 5.56 Å². The summed E-state index contributed by atoms with van der Waals surface area (Å²) in [5.41, 5.74) is 8.08. The Labute approximate surface area is 152 Å². The van der Waals surface area contributed by atoms with Crippen molar-refractivity contribution >= 4 is 11.6 Å². The molecule has 1 unspecified atom stereocenters. The first-order valence-corrected chi connectivity index (χ1v) is 9.21. The molecular weight excluding hydrogens is 304 g/mol. The Morgan fingerprint density at radius 1 is 0.960 bits per heavy atom. The number of allylic oxidation sites excluding steroid dienone is 1. The zero-order valence-electron chi connectivity index (χ0n) is 16.4. The van der Waals surface area contributed by atoms with Crippen molar-refractivity contribution in [1.29, 1.82) is 0 Å². The van der Waals surface area contributed by atoms with Crippen molar-refractivity contribution in [2.24, 2.45) is 5.92 Å². The number of hydrogen-bond donors (Lipinski definition) is 1. The Morgan fingerprint density at radius 2 is 1.56 bits per heavy atom. The molecule has 0 spiro atoms. The average Bonchev–Trinajstić information content (AvgIpc) is 2.73. The number of hydrogen-bond acceptors (Lipinski definition) is 1. The molecule has 1 aliphatic rings. The topological polar surface area (TPSA) is 20.2 Å². The highest BCUT2D eigenvalue weighted by atomic mass is 16.3. The van der Waals surface area contributed by atoms with E-state index in [4.69, 9.17) is 0 Å². The number of aliphatic hydroxyl groups is 1. The summed E-state index contributed by atoms with van der Waals surface area (Å²) in [6.07, 6.45) is 2.22. The van der Waals surface area contributed by atoms with Gasteiger partial charge in [0.25, 0.3) is 0 Å². The van der Waals surface area contributed by atoms with Gasteiger partial charge in [-0.1, -0.05) is 83.2 Å². The second-order valence-electron chi connectivity index (χ2n) is 8.65. The zero-order chi connectivity index (χ0) is 18.4. The number of benzene rings is 2. The van der Waals surface area contributed by atoms with E-state index in [1.54, 1.807) is 0 Å². The van der Waals surface area contributed by atoms with Crippen LogP contribution in [0.1, 0.15) is 69.4 Å². The Balaban J connectivity index is 1.99. The van der Waals surface area contributed by atoms with Crippen molar-refractivity contribution < 1.29 is 5.11 Å². The smallest absolute Gasteiger partial charge is 0.0681 e. The van der Waals surface area contributed by atoms with Crippen LogP contribution in [0.2, 0.25) is 0 Å². The molecule has 0 amide bonds. The maximum atomic E-state index is 9.18. The third kappa shape index (κ3) is 2.95. The number of rotatable bonds is 3. The van der Waals surface area contributed by atoms with E-state index in [1.165, 1.54) is 27.8 Å². The summed E-state index contributed by atoms with van der Waals surface area (Å²) in [7, 11) is 0. The van der Waals surface area contributed by atoms with Crippen LogP contribution in [0.5, 0.6) is 0 Å². The van der Waals surface area contributed by atoms with Gasteiger partial charge in [0.2, 0.25) is 0 Å². The fourth-order valence-corrected chi connectivity index (χ4v) is 4.31. The highest BCUT2D eigenvalue weighted by Crippen LogP contribution is 2.53. The Kier molecular flexibility index (Phi) is 4.41. The van der Waals surface area contributed by atoms with Crippen LogP contribution < -0.4 is 0 Å². The van der Waals surface area contributed by atoms with Gasteiger partial charge in [-0.25, -0.2) is 0 Å². The number of aliphatic hydroxyl groups excluding tert-OH is 1. The minimum absolute atomic E-state index is 0.0941. The van der Waals surface area contributed by atoms with E-state index in [1.807, 2.05) is 12.1 Å². The van der Waals surface area contributed by atoms with E-state index in [0.29, 0.717) is 5.92 Å². The lowest BCUT2D eigenvalue weighted by atomic mass is 9.71. The summed E-state index contributed by atoms with van der Waals surface area (Å²) in [4.78, 5) is 0. The first kappa shape index (κ1) is 17.9. The van der Waals surface area contributed by atoms with Crippen LogP contribution in [-0.4, -0.2) is 5.11 Å². The van der Waals surface area contributed by atoms with Crippen molar-refractivity contribution in [3.63, 3.8) is 0 Å². The first-order valence-electron chi connectivity index (χ1n) is 9.21. The van der Waals surface area contributed by atoms with Gasteiger partial charge in [0, 0.05) is 0 Å². The molecule has 1 N–H and O–H groups in total. The van der Waals surface area contributed by atoms with Crippen molar-refractivity contribution in [1.82, 2.24) is 0 Å². The van der Waals surface area contributed by atoms with Gasteiger partial charge in [-0.15, -0.1) is 0 Å². The molecule has 0 saturated heterocycles. The minimum Gasteiger partial charge on any atom is -0.392 e. The van der Waals surface area contributed by atoms with Gasteiger partial charge >= 0.3 is 0 Å². The van der Waals surface area contributed by atoms with Gasteiger partial charge in [-0.05, 0) is 57.1 Å². The second kappa shape index (κ2) is 6.14. The third-order valence-electron chi connectivity index (χ3n) is 6.57. The van der Waals surface area contributed by atoms with E-state index in [9.17, 15) is 5.11 Å². The second-order valence-corrected chi connectivity index (χ2v) is 8.65. The maximum Gasteiger partial charge on any atom is 0.0681 e. The number of fused-ring (bicyclic) bond motifs is 1. The molecule has 0 fully saturated rings. The van der Waals surface area contributed by atoms with Crippen molar-refractivity contribution in [2.75, 3.05) is 0 Å². The van der Waals surface area contributed by atoms with Crippen LogP contribution in [0.15, 0.2) is 42.5 Å². The molecule has 25 heavy (non-hydrogen) atoms. The van der Waals surface area contributed by atoms with Crippen LogP contribution in [0, 0.1) is 5.92 Å². The lowest BCUT2D eigenvalue weighted by molar-refractivity contribution is 0.264. The highest BCUT2D eigenvalue weighted by Gasteiger charge is 2.48. The predicted molar refractivity (Wildman–Crippen MR) is 108 cm³/mol. The van der Waals surface area contributed by atoms with Gasteiger partial charge in [-0.2, -0.15) is 0 Å². The third-order valence-corrected chi connectivity index (χ3v) is 6.57. The van der Waals surface area contributed by atoms with E-state index < -0.39 is 0 Å². The summed E-state index contributed by atoms with van der Waals surface area (Å²) in [6.45, 7) is 14.1. The molecule has 3 rings (SSSR count). The molecule has 0 saturated carbocycles.